The van der Waals surface area contributed by atoms with Crippen LogP contribution in [-0.2, 0) is 9.53 Å². The summed E-state index contributed by atoms with van der Waals surface area (Å²) in [7, 11) is 0. The summed E-state index contributed by atoms with van der Waals surface area (Å²) < 4.78 is 5.21. The molecule has 0 bridgehead atoms. The van der Waals surface area contributed by atoms with Gasteiger partial charge in [0.1, 0.15) is 12.9 Å². The van der Waals surface area contributed by atoms with Crippen molar-refractivity contribution >= 4 is 6.29 Å². The van der Waals surface area contributed by atoms with Crippen molar-refractivity contribution in [3.8, 4) is 0 Å². The Morgan fingerprint density at radius 2 is 2.08 bits per heavy atom. The third-order valence-corrected chi connectivity index (χ3v) is 1.68. The molecule has 0 saturated carbocycles. The second-order valence-electron chi connectivity index (χ2n) is 2.55. The van der Waals surface area contributed by atoms with Crippen LogP contribution in [0.4, 0.5) is 0 Å². The molecule has 1 aromatic carbocycles. The van der Waals surface area contributed by atoms with Crippen molar-refractivity contribution in [1.29, 1.82) is 0 Å². The molecule has 0 heterocycles. The summed E-state index contributed by atoms with van der Waals surface area (Å²) in [4.78, 5) is 10.0. The van der Waals surface area contributed by atoms with Crippen molar-refractivity contribution < 1.29 is 9.53 Å². The second-order valence-corrected chi connectivity index (χ2v) is 2.55. The van der Waals surface area contributed by atoms with Crippen LogP contribution in [-0.4, -0.2) is 12.9 Å². The number of ether oxygens (including phenoxy) is 1. The fourth-order valence-electron chi connectivity index (χ4n) is 1.00. The van der Waals surface area contributed by atoms with Crippen LogP contribution in [0.15, 0.2) is 30.3 Å². The van der Waals surface area contributed by atoms with Crippen LogP contribution in [0.2, 0.25) is 0 Å². The van der Waals surface area contributed by atoms with Crippen LogP contribution in [0.5, 0.6) is 0 Å². The van der Waals surface area contributed by atoms with E-state index in [9.17, 15) is 4.79 Å². The average molecular weight is 164 g/mol. The van der Waals surface area contributed by atoms with Gasteiger partial charge >= 0.3 is 0 Å². The van der Waals surface area contributed by atoms with E-state index in [4.69, 9.17) is 4.74 Å². The fourth-order valence-corrected chi connectivity index (χ4v) is 1.00. The van der Waals surface area contributed by atoms with Gasteiger partial charge in [0.25, 0.3) is 0 Å². The lowest BCUT2D eigenvalue weighted by molar-refractivity contribution is -0.113. The highest BCUT2D eigenvalue weighted by molar-refractivity contribution is 5.50. The third kappa shape index (κ3) is 2.47. The van der Waals surface area contributed by atoms with E-state index >= 15 is 0 Å². The van der Waals surface area contributed by atoms with Crippen LogP contribution in [0.3, 0.4) is 0 Å². The molecule has 64 valence electrons. The lowest BCUT2D eigenvalue weighted by atomic mass is 10.1. The highest BCUT2D eigenvalue weighted by Gasteiger charge is 2.02. The van der Waals surface area contributed by atoms with Gasteiger partial charge in [-0.1, -0.05) is 30.3 Å². The predicted octanol–water partition coefficient (Wildman–Crippen LogP) is 1.96. The van der Waals surface area contributed by atoms with Crippen molar-refractivity contribution in [2.75, 3.05) is 6.61 Å². The predicted molar refractivity (Wildman–Crippen MR) is 46.9 cm³/mol. The maximum atomic E-state index is 10.0. The summed E-state index contributed by atoms with van der Waals surface area (Å²) in [5.74, 6) is 0. The molecule has 0 aliphatic carbocycles. The molecule has 2 nitrogen and oxygen atoms in total. The quantitative estimate of drug-likeness (QED) is 0.636. The fraction of sp³-hybridized carbons (Fsp3) is 0.300. The summed E-state index contributed by atoms with van der Waals surface area (Å²) >= 11 is 0. The summed E-state index contributed by atoms with van der Waals surface area (Å²) in [5.41, 5.74) is 1.10. The second kappa shape index (κ2) is 4.67. The highest BCUT2D eigenvalue weighted by Crippen LogP contribution is 2.14. The van der Waals surface area contributed by atoms with Gasteiger partial charge in [0.2, 0.25) is 0 Å². The molecule has 0 radical (unpaired) electrons. The van der Waals surface area contributed by atoms with E-state index in [0.717, 1.165) is 11.8 Å². The average Bonchev–Trinajstić information content (AvgIpc) is 2.15. The van der Waals surface area contributed by atoms with Crippen LogP contribution in [0, 0.1) is 0 Å². The zero-order valence-corrected chi connectivity index (χ0v) is 7.07. The SMILES string of the molecule is C[C@H](OCC=O)c1ccccc1. The van der Waals surface area contributed by atoms with Crippen molar-refractivity contribution in [2.45, 2.75) is 13.0 Å². The molecule has 0 amide bonds. The Kier molecular flexibility index (Phi) is 3.48. The molecule has 2 heteroatoms. The molecule has 0 N–H and O–H groups in total. The van der Waals surface area contributed by atoms with Gasteiger partial charge in [-0.15, -0.1) is 0 Å². The van der Waals surface area contributed by atoms with Crippen LogP contribution in [0.25, 0.3) is 0 Å². The van der Waals surface area contributed by atoms with Gasteiger partial charge in [0.05, 0.1) is 6.10 Å². The number of carbonyl (C=O) groups excluding carboxylic acids is 1. The number of rotatable bonds is 4. The molecule has 0 saturated heterocycles. The molecular weight excluding hydrogens is 152 g/mol. The van der Waals surface area contributed by atoms with E-state index in [2.05, 4.69) is 0 Å². The third-order valence-electron chi connectivity index (χ3n) is 1.68. The minimum Gasteiger partial charge on any atom is -0.366 e. The summed E-state index contributed by atoms with van der Waals surface area (Å²) in [6, 6.07) is 9.83. The van der Waals surface area contributed by atoms with E-state index in [1.54, 1.807) is 0 Å². The van der Waals surface area contributed by atoms with Gasteiger partial charge in [-0.05, 0) is 12.5 Å². The first-order valence-electron chi connectivity index (χ1n) is 3.95. The molecule has 12 heavy (non-hydrogen) atoms. The maximum Gasteiger partial charge on any atom is 0.145 e. The Bertz CT molecular complexity index is 231. The number of carbonyl (C=O) groups is 1. The van der Waals surface area contributed by atoms with E-state index in [1.807, 2.05) is 37.3 Å². The van der Waals surface area contributed by atoms with E-state index < -0.39 is 0 Å². The molecule has 0 aromatic heterocycles. The van der Waals surface area contributed by atoms with Crippen molar-refractivity contribution in [2.24, 2.45) is 0 Å². The Balaban J connectivity index is 2.53. The zero-order chi connectivity index (χ0) is 8.81. The minimum atomic E-state index is -0.00333. The largest absolute Gasteiger partial charge is 0.366 e. The van der Waals surface area contributed by atoms with E-state index in [-0.39, 0.29) is 12.7 Å². The first kappa shape index (κ1) is 8.94. The molecule has 1 rings (SSSR count). The molecule has 0 aliphatic rings. The smallest absolute Gasteiger partial charge is 0.145 e. The molecule has 0 aliphatic heterocycles. The van der Waals surface area contributed by atoms with Crippen LogP contribution in [0.1, 0.15) is 18.6 Å². The summed E-state index contributed by atoms with van der Waals surface area (Å²) in [6.07, 6.45) is 0.760. The minimum absolute atomic E-state index is 0.00333. The Hall–Kier alpha value is -1.15. The van der Waals surface area contributed by atoms with Gasteiger partial charge in [0.15, 0.2) is 0 Å². The summed E-state index contributed by atoms with van der Waals surface area (Å²) in [6.45, 7) is 2.09. The zero-order valence-electron chi connectivity index (χ0n) is 7.07. The first-order chi connectivity index (χ1) is 5.84. The van der Waals surface area contributed by atoms with E-state index in [0.29, 0.717) is 0 Å². The van der Waals surface area contributed by atoms with Crippen molar-refractivity contribution in [3.63, 3.8) is 0 Å². The molecular formula is C10H12O2. The molecule has 0 fully saturated rings. The van der Waals surface area contributed by atoms with Gasteiger partial charge in [-0.25, -0.2) is 0 Å². The van der Waals surface area contributed by atoms with Crippen molar-refractivity contribution in [1.82, 2.24) is 0 Å². The molecule has 0 spiro atoms. The Morgan fingerprint density at radius 3 is 2.67 bits per heavy atom. The molecule has 1 aromatic rings. The number of hydrogen-bond acceptors (Lipinski definition) is 2. The molecule has 0 unspecified atom stereocenters. The maximum absolute atomic E-state index is 10.0. The normalized spacial score (nSPS) is 12.4. The lowest BCUT2D eigenvalue weighted by Gasteiger charge is -2.10. The van der Waals surface area contributed by atoms with Gasteiger partial charge in [-0.2, -0.15) is 0 Å². The Morgan fingerprint density at radius 1 is 1.42 bits per heavy atom. The van der Waals surface area contributed by atoms with E-state index in [1.165, 1.54) is 0 Å². The topological polar surface area (TPSA) is 26.3 Å². The molecule has 1 atom stereocenters. The highest BCUT2D eigenvalue weighted by atomic mass is 16.5. The monoisotopic (exact) mass is 164 g/mol. The number of hydrogen-bond donors (Lipinski definition) is 0. The Labute approximate surface area is 72.2 Å². The standard InChI is InChI=1S/C10H12O2/c1-9(12-8-7-11)10-5-3-2-4-6-10/h2-7,9H,8H2,1H3/t9-/m0/s1. The number of aldehydes is 1. The van der Waals surface area contributed by atoms with Gasteiger partial charge in [-0.3, -0.25) is 0 Å². The van der Waals surface area contributed by atoms with Gasteiger partial charge < -0.3 is 9.53 Å². The lowest BCUT2D eigenvalue weighted by Crippen LogP contribution is -2.01. The first-order valence-corrected chi connectivity index (χ1v) is 3.95. The van der Waals surface area contributed by atoms with Crippen LogP contribution < -0.4 is 0 Å². The number of benzene rings is 1. The van der Waals surface area contributed by atoms with Gasteiger partial charge in [0, 0.05) is 0 Å². The van der Waals surface area contributed by atoms with Crippen molar-refractivity contribution in [3.05, 3.63) is 35.9 Å². The van der Waals surface area contributed by atoms with Crippen LogP contribution >= 0.6 is 0 Å². The summed E-state index contributed by atoms with van der Waals surface area (Å²) in [5, 5.41) is 0.